The van der Waals surface area contributed by atoms with E-state index in [9.17, 15) is 14.7 Å². The van der Waals surface area contributed by atoms with Crippen LogP contribution in [0.2, 0.25) is 0 Å². The van der Waals surface area contributed by atoms with Gasteiger partial charge in [0.25, 0.3) is 0 Å². The van der Waals surface area contributed by atoms with Gasteiger partial charge in [0.2, 0.25) is 17.0 Å². The van der Waals surface area contributed by atoms with Crippen LogP contribution in [0, 0.1) is 0 Å². The number of ether oxygens (including phenoxy) is 2. The Balaban J connectivity index is 1.37. The highest BCUT2D eigenvalue weighted by Gasteiger charge is 2.32. The van der Waals surface area contributed by atoms with Crippen molar-refractivity contribution in [2.75, 3.05) is 11.1 Å². The number of hydrogen-bond acceptors (Lipinski definition) is 10. The molecule has 4 rings (SSSR count). The van der Waals surface area contributed by atoms with Gasteiger partial charge in [-0.15, -0.1) is 5.10 Å². The number of carbonyl (C=O) groups excluding carboxylic acids is 2. The lowest BCUT2D eigenvalue weighted by molar-refractivity contribution is -0.245. The van der Waals surface area contributed by atoms with Gasteiger partial charge in [0.05, 0.1) is 18.8 Å². The lowest BCUT2D eigenvalue weighted by Gasteiger charge is -2.36. The quantitative estimate of drug-likeness (QED) is 0.0949. The molecule has 1 fully saturated rings. The van der Waals surface area contributed by atoms with Crippen molar-refractivity contribution in [1.29, 1.82) is 0 Å². The number of aromatic nitrogens is 4. The number of hydrogen-bond donors (Lipinski definition) is 4. The lowest BCUT2D eigenvalue weighted by atomic mass is 10.0. The number of aryl methyl sites for hydroxylation is 1. The van der Waals surface area contributed by atoms with Crippen LogP contribution in [0.4, 0.5) is 5.69 Å². The van der Waals surface area contributed by atoms with Gasteiger partial charge in [-0.3, -0.25) is 14.8 Å². The maximum Gasteiger partial charge on any atom is 0.243 e. The Bertz CT molecular complexity index is 1270. The highest BCUT2D eigenvalue weighted by molar-refractivity contribution is 7.99. The molecule has 1 aliphatic rings. The van der Waals surface area contributed by atoms with Crippen LogP contribution in [0.5, 0.6) is 0 Å². The predicted molar refractivity (Wildman–Crippen MR) is 151 cm³/mol. The summed E-state index contributed by atoms with van der Waals surface area (Å²) in [5.41, 5.74) is 4.89. The van der Waals surface area contributed by atoms with Crippen molar-refractivity contribution in [2.24, 2.45) is 7.05 Å². The summed E-state index contributed by atoms with van der Waals surface area (Å²) in [6, 6.07) is 15.2. The third-order valence-corrected chi connectivity index (χ3v) is 7.86. The number of tetrazole rings is 1. The second-order valence-electron chi connectivity index (χ2n) is 9.87. The van der Waals surface area contributed by atoms with E-state index in [2.05, 4.69) is 20.8 Å². The number of amides is 2. The largest absolute Gasteiger partial charge is 0.392 e. The van der Waals surface area contributed by atoms with Gasteiger partial charge in [0.1, 0.15) is 0 Å². The smallest absolute Gasteiger partial charge is 0.243 e. The van der Waals surface area contributed by atoms with Crippen LogP contribution in [0.1, 0.15) is 74.0 Å². The molecule has 1 aliphatic heterocycles. The summed E-state index contributed by atoms with van der Waals surface area (Å²) in [5.74, 6) is 0.141. The average Bonchev–Trinajstić information content (AvgIpc) is 3.42. The monoisotopic (exact) mass is 584 g/mol. The molecule has 12 nitrogen and oxygen atoms in total. The summed E-state index contributed by atoms with van der Waals surface area (Å²) in [4.78, 5) is 23.6. The van der Waals surface area contributed by atoms with Crippen LogP contribution in [-0.2, 0) is 32.7 Å². The van der Waals surface area contributed by atoms with Crippen LogP contribution < -0.4 is 10.8 Å². The first-order chi connectivity index (χ1) is 19.9. The van der Waals surface area contributed by atoms with E-state index in [0.717, 1.165) is 29.5 Å². The molecule has 0 bridgehead atoms. The molecular weight excluding hydrogens is 548 g/mol. The zero-order valence-corrected chi connectivity index (χ0v) is 23.8. The van der Waals surface area contributed by atoms with E-state index in [1.807, 2.05) is 48.5 Å². The van der Waals surface area contributed by atoms with Gasteiger partial charge >= 0.3 is 0 Å². The molecule has 0 spiro atoms. The fraction of sp³-hybridized carbons (Fsp3) is 0.464. The maximum atomic E-state index is 12.5. The summed E-state index contributed by atoms with van der Waals surface area (Å²) in [6.45, 7) is -0.0234. The number of carbonyl (C=O) groups is 2. The van der Waals surface area contributed by atoms with E-state index in [-0.39, 0.29) is 31.1 Å². The Hall–Kier alpha value is -3.36. The Morgan fingerprint density at radius 1 is 1.02 bits per heavy atom. The van der Waals surface area contributed by atoms with E-state index >= 15 is 0 Å². The first-order valence-electron chi connectivity index (χ1n) is 13.6. The topological polar surface area (TPSA) is 161 Å². The third kappa shape index (κ3) is 9.33. The van der Waals surface area contributed by atoms with Gasteiger partial charge in [0.15, 0.2) is 6.29 Å². The number of benzene rings is 2. The first-order valence-corrected chi connectivity index (χ1v) is 14.6. The van der Waals surface area contributed by atoms with Crippen molar-refractivity contribution in [3.63, 3.8) is 0 Å². The lowest BCUT2D eigenvalue weighted by Crippen LogP contribution is -2.31. The van der Waals surface area contributed by atoms with Crippen LogP contribution in [0.15, 0.2) is 53.7 Å². The maximum absolute atomic E-state index is 12.5. The van der Waals surface area contributed by atoms with E-state index in [1.54, 1.807) is 17.2 Å². The molecule has 0 saturated carbocycles. The molecule has 1 aromatic heterocycles. The first kappa shape index (κ1) is 30.6. The molecule has 2 heterocycles. The highest BCUT2D eigenvalue weighted by Crippen LogP contribution is 2.39. The molecule has 41 heavy (non-hydrogen) atoms. The van der Waals surface area contributed by atoms with Crippen molar-refractivity contribution in [2.45, 2.75) is 75.2 Å². The number of nitrogens with zero attached hydrogens (tertiary/aromatic N) is 4. The number of aliphatic hydroxyl groups is 1. The Morgan fingerprint density at radius 2 is 1.78 bits per heavy atom. The molecule has 1 saturated heterocycles. The van der Waals surface area contributed by atoms with Gasteiger partial charge < -0.3 is 19.9 Å². The molecule has 4 N–H and O–H groups in total. The zero-order valence-electron chi connectivity index (χ0n) is 22.9. The second kappa shape index (κ2) is 15.6. The number of aliphatic hydroxyl groups excluding tert-OH is 1. The van der Waals surface area contributed by atoms with Crippen molar-refractivity contribution in [3.8, 4) is 0 Å². The Morgan fingerprint density at radius 3 is 2.46 bits per heavy atom. The molecule has 3 atom stereocenters. The number of thioether (sulfide) groups is 1. The molecule has 2 amide bonds. The minimum atomic E-state index is -0.650. The van der Waals surface area contributed by atoms with Crippen LogP contribution in [0.3, 0.4) is 0 Å². The van der Waals surface area contributed by atoms with E-state index < -0.39 is 12.2 Å². The van der Waals surface area contributed by atoms with Crippen LogP contribution >= 0.6 is 11.8 Å². The van der Waals surface area contributed by atoms with Crippen molar-refractivity contribution >= 4 is 29.3 Å². The van der Waals surface area contributed by atoms with Gasteiger partial charge in [-0.25, -0.2) is 10.2 Å². The molecule has 0 aliphatic carbocycles. The van der Waals surface area contributed by atoms with E-state index in [4.69, 9.17) is 14.7 Å². The minimum Gasteiger partial charge on any atom is -0.392 e. The van der Waals surface area contributed by atoms with Gasteiger partial charge in [-0.2, -0.15) is 0 Å². The number of anilines is 1. The van der Waals surface area contributed by atoms with Crippen molar-refractivity contribution < 1.29 is 29.4 Å². The zero-order chi connectivity index (χ0) is 29.0. The number of nitrogens with one attached hydrogen (secondary N) is 2. The van der Waals surface area contributed by atoms with Crippen LogP contribution in [0.25, 0.3) is 0 Å². The summed E-state index contributed by atoms with van der Waals surface area (Å²) in [6.07, 6.45) is 3.24. The molecule has 220 valence electrons. The normalized spacial score (nSPS) is 18.7. The number of rotatable bonds is 14. The molecular formula is C28H36N6O6S. The predicted octanol–water partition coefficient (Wildman–Crippen LogP) is 3.82. The van der Waals surface area contributed by atoms with Gasteiger partial charge in [-0.05, 0) is 46.5 Å². The summed E-state index contributed by atoms with van der Waals surface area (Å²) < 4.78 is 14.4. The van der Waals surface area contributed by atoms with Gasteiger partial charge in [0, 0.05) is 43.3 Å². The number of hydroxylamine groups is 1. The fourth-order valence-electron chi connectivity index (χ4n) is 4.50. The molecule has 0 radical (unpaired) electrons. The third-order valence-electron chi connectivity index (χ3n) is 6.72. The summed E-state index contributed by atoms with van der Waals surface area (Å²) in [7, 11) is 1.79. The summed E-state index contributed by atoms with van der Waals surface area (Å²) in [5, 5.41) is 33.2. The minimum absolute atomic E-state index is 0.0234. The Labute approximate surface area is 242 Å². The van der Waals surface area contributed by atoms with Gasteiger partial charge in [-0.1, -0.05) is 61.0 Å². The molecule has 13 heteroatoms. The number of unbranched alkanes of at least 4 members (excludes halogenated alkanes) is 3. The second-order valence-corrected chi connectivity index (χ2v) is 10.9. The van der Waals surface area contributed by atoms with Crippen molar-refractivity contribution in [3.05, 3.63) is 65.2 Å². The van der Waals surface area contributed by atoms with Crippen molar-refractivity contribution in [1.82, 2.24) is 25.7 Å². The SMILES string of the molecule is Cn1nnnc1SC[C@@H]1C[C@H](c2ccc(CO)cc2)O[C@H](c2cccc(NC(=O)CCCCCCC(=O)NO)c2)O1. The Kier molecular flexibility index (Phi) is 11.6. The highest BCUT2D eigenvalue weighted by atomic mass is 32.2. The average molecular weight is 585 g/mol. The standard InChI is InChI=1S/C28H36N6O6S/c1-34-28(30-32-33-34)41-18-23-16-24(20-13-11-19(17-35)12-14-20)40-27(39-23)21-7-6-8-22(15-21)29-25(36)9-4-2-3-5-10-26(37)31-38/h6-8,11-15,23-24,27,35,38H,2-5,9-10,16-18H2,1H3,(H,29,36)(H,31,37)/t23-,24+,27+/m0/s1. The van der Waals surface area contributed by atoms with E-state index in [1.165, 1.54) is 11.8 Å². The molecule has 0 unspecified atom stereocenters. The van der Waals surface area contributed by atoms with E-state index in [0.29, 0.717) is 42.3 Å². The molecule has 3 aromatic rings. The van der Waals surface area contributed by atoms with Crippen LogP contribution in [-0.4, -0.2) is 54.2 Å². The fourth-order valence-corrected chi connectivity index (χ4v) is 5.37. The molecule has 2 aromatic carbocycles. The summed E-state index contributed by atoms with van der Waals surface area (Å²) >= 11 is 1.51.